The van der Waals surface area contributed by atoms with Crippen molar-refractivity contribution in [3.8, 4) is 0 Å². The molecule has 0 spiro atoms. The molecule has 2 N–H and O–H groups in total. The molecule has 1 heterocycles. The first-order chi connectivity index (χ1) is 8.67. The second-order valence-corrected chi connectivity index (χ2v) is 5.27. The lowest BCUT2D eigenvalue weighted by molar-refractivity contribution is 0.648. The smallest absolute Gasteiger partial charge is 0.0498 e. The van der Waals surface area contributed by atoms with E-state index in [2.05, 4.69) is 36.7 Å². The summed E-state index contributed by atoms with van der Waals surface area (Å²) in [6, 6.07) is 4.27. The molecule has 0 aliphatic heterocycles. The van der Waals surface area contributed by atoms with Gasteiger partial charge in [0.1, 0.15) is 0 Å². The molecule has 0 saturated carbocycles. The Balaban J connectivity index is 2.53. The molecule has 0 aliphatic carbocycles. The van der Waals surface area contributed by atoms with Gasteiger partial charge >= 0.3 is 0 Å². The minimum absolute atomic E-state index is 0.689. The lowest BCUT2D eigenvalue weighted by Crippen LogP contribution is -2.02. The summed E-state index contributed by atoms with van der Waals surface area (Å²) in [6.07, 6.45) is 5.56. The van der Waals surface area contributed by atoms with Gasteiger partial charge < -0.3 is 10.3 Å². The number of nitrogens with zero attached hydrogens (tertiary/aromatic N) is 1. The molecule has 0 radical (unpaired) electrons. The van der Waals surface area contributed by atoms with Crippen molar-refractivity contribution < 1.29 is 0 Å². The summed E-state index contributed by atoms with van der Waals surface area (Å²) in [5, 5.41) is 2.15. The van der Waals surface area contributed by atoms with Gasteiger partial charge in [-0.05, 0) is 49.6 Å². The second kappa shape index (κ2) is 5.77. The molecule has 18 heavy (non-hydrogen) atoms. The Morgan fingerprint density at radius 3 is 2.78 bits per heavy atom. The number of aromatic nitrogens is 1. The summed E-state index contributed by atoms with van der Waals surface area (Å²) < 4.78 is 2.31. The molecule has 2 nitrogen and oxygen atoms in total. The summed E-state index contributed by atoms with van der Waals surface area (Å²) in [5.41, 5.74) is 9.40. The Hall–Kier alpha value is -0.990. The summed E-state index contributed by atoms with van der Waals surface area (Å²) in [5.74, 6) is 0. The van der Waals surface area contributed by atoms with E-state index in [1.54, 1.807) is 0 Å². The Morgan fingerprint density at radius 1 is 1.33 bits per heavy atom. The maximum Gasteiger partial charge on any atom is 0.0498 e. The summed E-state index contributed by atoms with van der Waals surface area (Å²) in [4.78, 5) is 0. The number of halogens is 1. The highest BCUT2D eigenvalue weighted by Gasteiger charge is 2.10. The van der Waals surface area contributed by atoms with Crippen LogP contribution in [0.3, 0.4) is 0 Å². The highest BCUT2D eigenvalue weighted by atomic mass is 35.5. The molecule has 98 valence electrons. The molecule has 0 amide bonds. The third-order valence-electron chi connectivity index (χ3n) is 3.41. The largest absolute Gasteiger partial charge is 0.347 e. The van der Waals surface area contributed by atoms with Crippen LogP contribution < -0.4 is 5.73 Å². The van der Waals surface area contributed by atoms with Crippen LogP contribution in [0.15, 0.2) is 18.3 Å². The number of hydrogen-bond acceptors (Lipinski definition) is 1. The van der Waals surface area contributed by atoms with Gasteiger partial charge in [0.2, 0.25) is 0 Å². The zero-order chi connectivity index (χ0) is 13.1. The quantitative estimate of drug-likeness (QED) is 0.872. The van der Waals surface area contributed by atoms with E-state index in [4.69, 9.17) is 17.3 Å². The van der Waals surface area contributed by atoms with Crippen LogP contribution in [0.5, 0.6) is 0 Å². The van der Waals surface area contributed by atoms with Gasteiger partial charge in [-0.25, -0.2) is 0 Å². The molecule has 3 heteroatoms. The third kappa shape index (κ3) is 2.55. The van der Waals surface area contributed by atoms with Gasteiger partial charge in [0.05, 0.1) is 0 Å². The van der Waals surface area contributed by atoms with Crippen molar-refractivity contribution >= 4 is 22.5 Å². The maximum atomic E-state index is 6.24. The Labute approximate surface area is 114 Å². The average molecular weight is 265 g/mol. The third-order valence-corrected chi connectivity index (χ3v) is 3.82. The first kappa shape index (κ1) is 13.4. The number of aryl methyl sites for hydroxylation is 2. The molecule has 2 rings (SSSR count). The molecular weight excluding hydrogens is 244 g/mol. The fraction of sp³-hybridized carbons (Fsp3) is 0.467. The van der Waals surface area contributed by atoms with E-state index in [9.17, 15) is 0 Å². The van der Waals surface area contributed by atoms with Crippen LogP contribution >= 0.6 is 11.6 Å². The van der Waals surface area contributed by atoms with Gasteiger partial charge in [0, 0.05) is 28.7 Å². The second-order valence-electron chi connectivity index (χ2n) is 4.86. The molecule has 0 fully saturated rings. The van der Waals surface area contributed by atoms with E-state index in [1.807, 2.05) is 0 Å². The zero-order valence-corrected chi connectivity index (χ0v) is 11.9. The molecule has 1 aromatic carbocycles. The number of hydrogen-bond donors (Lipinski definition) is 1. The van der Waals surface area contributed by atoms with Gasteiger partial charge in [-0.15, -0.1) is 0 Å². The monoisotopic (exact) mass is 264 g/mol. The number of unbranched alkanes of at least 4 members (excludes halogenated alkanes) is 1. The van der Waals surface area contributed by atoms with Crippen LogP contribution in [-0.2, 0) is 13.0 Å². The minimum atomic E-state index is 0.689. The van der Waals surface area contributed by atoms with Crippen molar-refractivity contribution in [3.05, 3.63) is 34.5 Å². The summed E-state index contributed by atoms with van der Waals surface area (Å²) in [7, 11) is 0. The Morgan fingerprint density at radius 2 is 2.11 bits per heavy atom. The van der Waals surface area contributed by atoms with Crippen molar-refractivity contribution in [2.75, 3.05) is 6.54 Å². The van der Waals surface area contributed by atoms with Crippen molar-refractivity contribution in [2.45, 2.75) is 39.7 Å². The van der Waals surface area contributed by atoms with Gasteiger partial charge in [-0.2, -0.15) is 0 Å². The van der Waals surface area contributed by atoms with E-state index < -0.39 is 0 Å². The van der Waals surface area contributed by atoms with Gasteiger partial charge in [0.25, 0.3) is 0 Å². The molecule has 0 atom stereocenters. The number of benzene rings is 1. The van der Waals surface area contributed by atoms with E-state index >= 15 is 0 Å². The highest BCUT2D eigenvalue weighted by molar-refractivity contribution is 6.32. The Kier molecular flexibility index (Phi) is 4.31. The fourth-order valence-electron chi connectivity index (χ4n) is 2.36. The normalized spacial score (nSPS) is 11.3. The van der Waals surface area contributed by atoms with Crippen LogP contribution in [-0.4, -0.2) is 11.1 Å². The topological polar surface area (TPSA) is 30.9 Å². The molecule has 0 unspecified atom stereocenters. The summed E-state index contributed by atoms with van der Waals surface area (Å²) in [6.45, 7) is 6.01. The van der Waals surface area contributed by atoms with Crippen molar-refractivity contribution in [1.29, 1.82) is 0 Å². The van der Waals surface area contributed by atoms with E-state index in [0.29, 0.717) is 6.54 Å². The average Bonchev–Trinajstić information content (AvgIpc) is 2.66. The van der Waals surface area contributed by atoms with Crippen LogP contribution in [0, 0.1) is 6.92 Å². The number of fused-ring (bicyclic) bond motifs is 1. The predicted octanol–water partition coefficient (Wildman–Crippen LogP) is 3.90. The summed E-state index contributed by atoms with van der Waals surface area (Å²) >= 11 is 6.24. The Bertz CT molecular complexity index is 543. The van der Waals surface area contributed by atoms with Crippen molar-refractivity contribution in [1.82, 2.24) is 4.57 Å². The van der Waals surface area contributed by atoms with Crippen LogP contribution in [0.25, 0.3) is 10.9 Å². The molecule has 2 aromatic rings. The van der Waals surface area contributed by atoms with Gasteiger partial charge in [-0.1, -0.05) is 24.9 Å². The minimum Gasteiger partial charge on any atom is -0.347 e. The first-order valence-electron chi connectivity index (χ1n) is 6.65. The standard InChI is InChI=1S/C15H21ClN2/c1-3-4-7-18-10-12(5-6-17)13-8-11(2)14(16)9-15(13)18/h8-10H,3-7,17H2,1-2H3. The molecule has 0 aliphatic rings. The lowest BCUT2D eigenvalue weighted by atomic mass is 10.1. The number of rotatable bonds is 5. The maximum absolute atomic E-state index is 6.24. The molecule has 0 bridgehead atoms. The predicted molar refractivity (Wildman–Crippen MR) is 79.4 cm³/mol. The van der Waals surface area contributed by atoms with Crippen molar-refractivity contribution in [3.63, 3.8) is 0 Å². The molecule has 0 saturated heterocycles. The van der Waals surface area contributed by atoms with Gasteiger partial charge in [0.15, 0.2) is 0 Å². The SMILES string of the molecule is CCCCn1cc(CCN)c2cc(C)c(Cl)cc21. The van der Waals surface area contributed by atoms with E-state index in [-0.39, 0.29) is 0 Å². The van der Waals surface area contributed by atoms with Gasteiger partial charge in [-0.3, -0.25) is 0 Å². The van der Waals surface area contributed by atoms with E-state index in [0.717, 1.165) is 23.6 Å². The van der Waals surface area contributed by atoms with Crippen molar-refractivity contribution in [2.24, 2.45) is 5.73 Å². The van der Waals surface area contributed by atoms with Crippen LogP contribution in [0.4, 0.5) is 0 Å². The molecule has 1 aromatic heterocycles. The highest BCUT2D eigenvalue weighted by Crippen LogP contribution is 2.28. The first-order valence-corrected chi connectivity index (χ1v) is 7.03. The number of nitrogens with two attached hydrogens (primary N) is 1. The zero-order valence-electron chi connectivity index (χ0n) is 11.2. The van der Waals surface area contributed by atoms with Crippen LogP contribution in [0.1, 0.15) is 30.9 Å². The lowest BCUT2D eigenvalue weighted by Gasteiger charge is -2.05. The fourth-order valence-corrected chi connectivity index (χ4v) is 2.52. The molecular formula is C15H21ClN2. The van der Waals surface area contributed by atoms with Crippen LogP contribution in [0.2, 0.25) is 5.02 Å². The van der Waals surface area contributed by atoms with E-state index in [1.165, 1.54) is 29.3 Å².